The summed E-state index contributed by atoms with van der Waals surface area (Å²) < 4.78 is 36.0. The minimum Gasteiger partial charge on any atom is -0.468 e. The molecule has 0 atom stereocenters. The van der Waals surface area contributed by atoms with Crippen LogP contribution < -0.4 is 0 Å². The van der Waals surface area contributed by atoms with Crippen LogP contribution in [-0.4, -0.2) is 33.2 Å². The highest BCUT2D eigenvalue weighted by molar-refractivity contribution is 7.62. The van der Waals surface area contributed by atoms with E-state index in [1.165, 1.54) is 6.26 Å². The first kappa shape index (κ1) is 25.1. The first-order valence-corrected chi connectivity index (χ1v) is 9.59. The van der Waals surface area contributed by atoms with Crippen molar-refractivity contribution in [2.24, 2.45) is 4.36 Å². The fraction of sp³-hybridized carbons (Fsp3) is 0.368. The lowest BCUT2D eigenvalue weighted by Crippen LogP contribution is -2.10. The second-order valence-corrected chi connectivity index (χ2v) is 5.89. The third-order valence-corrected chi connectivity index (χ3v) is 2.96. The predicted octanol–water partition coefficient (Wildman–Crippen LogP) is 4.30. The van der Waals surface area contributed by atoms with E-state index in [9.17, 15) is 18.0 Å². The minimum absolute atomic E-state index is 0.0903. The van der Waals surface area contributed by atoms with E-state index in [1.807, 2.05) is 57.2 Å². The number of hydrogen-bond donors (Lipinski definition) is 0. The minimum atomic E-state index is -2.70. The van der Waals surface area contributed by atoms with Crippen LogP contribution in [0, 0.1) is 0 Å². The van der Waals surface area contributed by atoms with Gasteiger partial charge >= 0.3 is 22.6 Å². The van der Waals surface area contributed by atoms with Crippen molar-refractivity contribution >= 4 is 22.6 Å². The molecule has 28 heavy (non-hydrogen) atoms. The molecule has 9 heteroatoms. The summed E-state index contributed by atoms with van der Waals surface area (Å²) in [5.41, 5.74) is 0.491. The van der Waals surface area contributed by atoms with Crippen molar-refractivity contribution in [2.75, 3.05) is 6.61 Å². The van der Waals surface area contributed by atoms with Crippen LogP contribution in [0.2, 0.25) is 0 Å². The summed E-state index contributed by atoms with van der Waals surface area (Å²) in [6.07, 6.45) is 1.05. The Morgan fingerprint density at radius 2 is 1.61 bits per heavy atom. The van der Waals surface area contributed by atoms with Gasteiger partial charge in [-0.1, -0.05) is 47.7 Å². The monoisotopic (exact) mass is 411 g/mol. The van der Waals surface area contributed by atoms with Crippen molar-refractivity contribution in [2.45, 2.75) is 40.2 Å². The highest BCUT2D eigenvalue weighted by Crippen LogP contribution is 2.10. The van der Waals surface area contributed by atoms with Crippen LogP contribution in [0.5, 0.6) is 0 Å². The van der Waals surface area contributed by atoms with E-state index in [0.29, 0.717) is 5.56 Å². The maximum Gasteiger partial charge on any atom is 0.448 e. The molecular weight excluding hydrogens is 386 g/mol. The number of carbonyl (C=O) groups is 2. The lowest BCUT2D eigenvalue weighted by Gasteiger charge is -2.04. The zero-order chi connectivity index (χ0) is 21.4. The number of ether oxygens (including phenoxy) is 2. The molecule has 0 aliphatic heterocycles. The largest absolute Gasteiger partial charge is 0.468 e. The maximum atomic E-state index is 11.3. The van der Waals surface area contributed by atoms with E-state index in [1.54, 1.807) is 13.0 Å². The Morgan fingerprint density at radius 3 is 1.96 bits per heavy atom. The van der Waals surface area contributed by atoms with Crippen molar-refractivity contribution in [1.29, 1.82) is 0 Å². The van der Waals surface area contributed by atoms with Gasteiger partial charge in [0.25, 0.3) is 0 Å². The molecule has 0 aliphatic rings. The van der Waals surface area contributed by atoms with Crippen LogP contribution in [0.3, 0.4) is 0 Å². The molecule has 2 aromatic rings. The number of benzene rings is 1. The fourth-order valence-electron chi connectivity index (χ4n) is 1.55. The number of furan rings is 1. The molecule has 0 aliphatic carbocycles. The molecule has 0 N–H and O–H groups in total. The van der Waals surface area contributed by atoms with Crippen LogP contribution >= 0.6 is 0 Å². The SMILES string of the molecule is CCOC(=O)N=S(=O)=O.CCc1cc(C(=O)OC(C)C)co1.c1ccccc1. The van der Waals surface area contributed by atoms with Crippen molar-refractivity contribution in [1.82, 2.24) is 0 Å². The van der Waals surface area contributed by atoms with Gasteiger partial charge in [0, 0.05) is 6.42 Å². The summed E-state index contributed by atoms with van der Waals surface area (Å²) in [5.74, 6) is 0.481. The van der Waals surface area contributed by atoms with Gasteiger partial charge in [-0.15, -0.1) is 0 Å². The third-order valence-electron chi connectivity index (χ3n) is 2.66. The Bertz CT molecular complexity index is 792. The van der Waals surface area contributed by atoms with Gasteiger partial charge in [0.15, 0.2) is 0 Å². The Morgan fingerprint density at radius 1 is 1.07 bits per heavy atom. The van der Waals surface area contributed by atoms with Crippen LogP contribution in [-0.2, 0) is 26.4 Å². The Hall–Kier alpha value is -2.94. The lowest BCUT2D eigenvalue weighted by atomic mass is 10.3. The first-order valence-electron chi connectivity index (χ1n) is 8.56. The topological polar surface area (TPSA) is 112 Å². The summed E-state index contributed by atoms with van der Waals surface area (Å²) >= 11 is 0. The summed E-state index contributed by atoms with van der Waals surface area (Å²) in [7, 11) is -2.70. The highest BCUT2D eigenvalue weighted by atomic mass is 32.2. The first-order chi connectivity index (χ1) is 13.3. The molecule has 0 unspecified atom stereocenters. The van der Waals surface area contributed by atoms with Crippen LogP contribution in [0.25, 0.3) is 0 Å². The van der Waals surface area contributed by atoms with Crippen LogP contribution in [0.15, 0.2) is 57.5 Å². The highest BCUT2D eigenvalue weighted by Gasteiger charge is 2.11. The normalized spacial score (nSPS) is 9.18. The van der Waals surface area contributed by atoms with E-state index in [0.717, 1.165) is 12.2 Å². The number of nitrogens with zero attached hydrogens (tertiary/aromatic N) is 1. The molecular formula is C19H25NO7S. The quantitative estimate of drug-likeness (QED) is 0.689. The molecule has 2 rings (SSSR count). The van der Waals surface area contributed by atoms with Crippen LogP contribution in [0.1, 0.15) is 43.8 Å². The average molecular weight is 411 g/mol. The van der Waals surface area contributed by atoms with Crippen molar-refractivity contribution < 1.29 is 31.9 Å². The molecule has 0 radical (unpaired) electrons. The number of aryl methyl sites for hydroxylation is 1. The summed E-state index contributed by atoms with van der Waals surface area (Å²) in [6, 6.07) is 13.7. The summed E-state index contributed by atoms with van der Waals surface area (Å²) in [4.78, 5) is 21.4. The van der Waals surface area contributed by atoms with E-state index in [-0.39, 0.29) is 18.7 Å². The van der Waals surface area contributed by atoms with E-state index in [4.69, 9.17) is 9.15 Å². The molecule has 0 spiro atoms. The molecule has 8 nitrogen and oxygen atoms in total. The molecule has 0 saturated heterocycles. The molecule has 1 aromatic heterocycles. The van der Waals surface area contributed by atoms with Gasteiger partial charge in [0.1, 0.15) is 12.0 Å². The Labute approximate surface area is 166 Å². The third kappa shape index (κ3) is 13.3. The number of amides is 1. The summed E-state index contributed by atoms with van der Waals surface area (Å²) in [6.45, 7) is 7.29. The molecule has 1 amide bonds. The van der Waals surface area contributed by atoms with Gasteiger partial charge in [-0.3, -0.25) is 0 Å². The zero-order valence-corrected chi connectivity index (χ0v) is 17.1. The number of rotatable bonds is 4. The van der Waals surface area contributed by atoms with Crippen molar-refractivity contribution in [3.63, 3.8) is 0 Å². The second-order valence-electron chi connectivity index (χ2n) is 5.27. The van der Waals surface area contributed by atoms with Gasteiger partial charge in [0.2, 0.25) is 0 Å². The molecule has 0 bridgehead atoms. The average Bonchev–Trinajstić information content (AvgIpc) is 3.13. The van der Waals surface area contributed by atoms with E-state index in [2.05, 4.69) is 9.10 Å². The van der Waals surface area contributed by atoms with Gasteiger partial charge in [-0.05, 0) is 26.8 Å². The molecule has 0 fully saturated rings. The summed E-state index contributed by atoms with van der Waals surface area (Å²) in [5, 5.41) is 0. The van der Waals surface area contributed by atoms with Gasteiger partial charge in [-0.25, -0.2) is 9.59 Å². The van der Waals surface area contributed by atoms with Gasteiger partial charge < -0.3 is 13.9 Å². The maximum absolute atomic E-state index is 11.3. The fourth-order valence-corrected chi connectivity index (χ4v) is 1.73. The van der Waals surface area contributed by atoms with Crippen LogP contribution in [0.4, 0.5) is 4.79 Å². The number of hydrogen-bond acceptors (Lipinski definition) is 7. The Kier molecular flexibility index (Phi) is 13.6. The van der Waals surface area contributed by atoms with Gasteiger partial charge in [-0.2, -0.15) is 8.42 Å². The smallest absolute Gasteiger partial charge is 0.448 e. The molecule has 1 heterocycles. The predicted molar refractivity (Wildman–Crippen MR) is 103 cm³/mol. The second kappa shape index (κ2) is 15.2. The standard InChI is InChI=1S/C10H14O3.C6H6.C3H5NO4S/c1-4-9-5-8(6-12-9)10(11)13-7(2)3;1-2-4-6-5-3-1;1-2-8-3(5)4-9(6)7/h5-7H,4H2,1-3H3;1-6H;2H2,1H3. The number of esters is 1. The lowest BCUT2D eigenvalue weighted by molar-refractivity contribution is 0.0377. The molecule has 1 aromatic carbocycles. The van der Waals surface area contributed by atoms with Gasteiger partial charge in [0.05, 0.1) is 18.3 Å². The Balaban J connectivity index is 0.000000421. The van der Waals surface area contributed by atoms with Crippen molar-refractivity contribution in [3.05, 3.63) is 60.1 Å². The molecule has 0 saturated carbocycles. The molecule has 154 valence electrons. The van der Waals surface area contributed by atoms with Crippen molar-refractivity contribution in [3.8, 4) is 0 Å². The zero-order valence-electron chi connectivity index (χ0n) is 16.3. The van der Waals surface area contributed by atoms with E-state index >= 15 is 0 Å². The number of carbonyl (C=O) groups excluding carboxylic acids is 2. The van der Waals surface area contributed by atoms with E-state index < -0.39 is 16.6 Å².